The fraction of sp³-hybridized carbons (Fsp3) is 0.286. The Hall–Kier alpha value is -4.42. The molecule has 44 heavy (non-hydrogen) atoms. The van der Waals surface area contributed by atoms with Crippen LogP contribution in [0.25, 0.3) is 0 Å². The zero-order valence-corrected chi connectivity index (χ0v) is 25.7. The summed E-state index contributed by atoms with van der Waals surface area (Å²) < 4.78 is 23.1. The van der Waals surface area contributed by atoms with E-state index in [0.29, 0.717) is 22.0 Å². The molecule has 9 heteroatoms. The summed E-state index contributed by atoms with van der Waals surface area (Å²) in [5.74, 6) is -2.11. The standard InChI is InChI=1S/C35H35ClN2O6/c1-23-30(34(39)43-19-11-18-37)32(28-16-10-17-29(36)22-28)31(24(2)38-23)35(40)44-25(3)41-20-21-42-33(26-12-6-4-7-13-26)27-14-8-5-9-15-27/h4-10,12-17,22,25,32-33,38H,11,19-21H2,1-3H3. The highest BCUT2D eigenvalue weighted by molar-refractivity contribution is 6.30. The van der Waals surface area contributed by atoms with Gasteiger partial charge >= 0.3 is 11.9 Å². The van der Waals surface area contributed by atoms with Crippen molar-refractivity contribution in [2.75, 3.05) is 19.8 Å². The van der Waals surface area contributed by atoms with Crippen molar-refractivity contribution in [3.63, 3.8) is 0 Å². The first-order chi connectivity index (χ1) is 21.3. The SMILES string of the molecule is CC1=C(C(=O)OCCC#N)C(c2cccc(Cl)c2)C(C(=O)OC(C)OCCOC(c2ccccc2)c2ccccc2)=C(C)N1. The summed E-state index contributed by atoms with van der Waals surface area (Å²) in [7, 11) is 0. The maximum atomic E-state index is 13.7. The number of hydrogen-bond acceptors (Lipinski definition) is 8. The molecule has 0 aliphatic carbocycles. The van der Waals surface area contributed by atoms with Crippen molar-refractivity contribution in [1.82, 2.24) is 5.32 Å². The van der Waals surface area contributed by atoms with E-state index in [-0.39, 0.29) is 43.5 Å². The molecule has 3 aromatic carbocycles. The van der Waals surface area contributed by atoms with Crippen LogP contribution in [0.5, 0.6) is 0 Å². The lowest BCUT2D eigenvalue weighted by Crippen LogP contribution is -2.34. The summed E-state index contributed by atoms with van der Waals surface area (Å²) in [5.41, 5.74) is 4.16. The molecule has 0 fully saturated rings. The van der Waals surface area contributed by atoms with Crippen molar-refractivity contribution in [3.05, 3.63) is 129 Å². The van der Waals surface area contributed by atoms with E-state index in [1.807, 2.05) is 66.7 Å². The Morgan fingerprint density at radius 2 is 1.43 bits per heavy atom. The molecular weight excluding hydrogens is 580 g/mol. The van der Waals surface area contributed by atoms with Gasteiger partial charge in [-0.1, -0.05) is 84.4 Å². The van der Waals surface area contributed by atoms with Crippen molar-refractivity contribution < 1.29 is 28.5 Å². The van der Waals surface area contributed by atoms with Gasteiger partial charge in [-0.05, 0) is 49.6 Å². The number of halogens is 1. The Balaban J connectivity index is 1.45. The number of nitrogens with one attached hydrogen (secondary N) is 1. The first kappa shape index (κ1) is 32.5. The zero-order chi connectivity index (χ0) is 31.5. The third kappa shape index (κ3) is 8.35. The first-order valence-electron chi connectivity index (χ1n) is 14.3. The van der Waals surface area contributed by atoms with Crippen LogP contribution in [0.2, 0.25) is 5.02 Å². The van der Waals surface area contributed by atoms with Crippen molar-refractivity contribution in [1.29, 1.82) is 5.26 Å². The normalized spacial score (nSPS) is 15.4. The van der Waals surface area contributed by atoms with Gasteiger partial charge in [-0.2, -0.15) is 5.26 Å². The van der Waals surface area contributed by atoms with Crippen LogP contribution < -0.4 is 5.32 Å². The van der Waals surface area contributed by atoms with Gasteiger partial charge in [-0.25, -0.2) is 9.59 Å². The number of allylic oxidation sites excluding steroid dienone is 2. The van der Waals surface area contributed by atoms with E-state index >= 15 is 0 Å². The van der Waals surface area contributed by atoms with Crippen LogP contribution in [0, 0.1) is 11.3 Å². The number of carbonyl (C=O) groups is 2. The molecule has 4 rings (SSSR count). The Morgan fingerprint density at radius 3 is 2.02 bits per heavy atom. The van der Waals surface area contributed by atoms with E-state index in [2.05, 4.69) is 5.32 Å². The number of dihydropyridines is 1. The Kier molecular flexibility index (Phi) is 11.7. The molecular formula is C35H35ClN2O6. The number of hydrogen-bond donors (Lipinski definition) is 1. The van der Waals surface area contributed by atoms with Crippen LogP contribution in [0.4, 0.5) is 0 Å². The van der Waals surface area contributed by atoms with Gasteiger partial charge in [0.2, 0.25) is 6.29 Å². The van der Waals surface area contributed by atoms with Crippen LogP contribution >= 0.6 is 11.6 Å². The van der Waals surface area contributed by atoms with Gasteiger partial charge in [0.15, 0.2) is 0 Å². The second-order valence-corrected chi connectivity index (χ2v) is 10.6. The molecule has 2 unspecified atom stereocenters. The van der Waals surface area contributed by atoms with Gasteiger partial charge < -0.3 is 24.3 Å². The summed E-state index contributed by atoms with van der Waals surface area (Å²) in [6.45, 7) is 5.46. The number of nitriles is 1. The number of ether oxygens (including phenoxy) is 4. The Morgan fingerprint density at radius 1 is 0.841 bits per heavy atom. The number of carbonyl (C=O) groups excluding carboxylic acids is 2. The molecule has 1 N–H and O–H groups in total. The minimum absolute atomic E-state index is 0.0487. The number of esters is 2. The lowest BCUT2D eigenvalue weighted by Gasteiger charge is -2.31. The van der Waals surface area contributed by atoms with Crippen LogP contribution in [0.3, 0.4) is 0 Å². The van der Waals surface area contributed by atoms with Gasteiger partial charge in [0.05, 0.1) is 42.8 Å². The van der Waals surface area contributed by atoms with Crippen LogP contribution in [0.1, 0.15) is 55.9 Å². The van der Waals surface area contributed by atoms with Gasteiger partial charge in [-0.15, -0.1) is 0 Å². The van der Waals surface area contributed by atoms with Crippen molar-refractivity contribution in [2.24, 2.45) is 0 Å². The van der Waals surface area contributed by atoms with Crippen LogP contribution in [0.15, 0.2) is 107 Å². The number of benzene rings is 3. The maximum absolute atomic E-state index is 13.7. The second-order valence-electron chi connectivity index (χ2n) is 10.2. The molecule has 0 radical (unpaired) electrons. The predicted molar refractivity (Wildman–Crippen MR) is 166 cm³/mol. The Labute approximate surface area is 262 Å². The quantitative estimate of drug-likeness (QED) is 0.128. The summed E-state index contributed by atoms with van der Waals surface area (Å²) in [5, 5.41) is 12.4. The molecule has 228 valence electrons. The van der Waals surface area contributed by atoms with Crippen LogP contribution in [-0.2, 0) is 28.5 Å². The lowest BCUT2D eigenvalue weighted by atomic mass is 9.80. The predicted octanol–water partition coefficient (Wildman–Crippen LogP) is 6.74. The summed E-state index contributed by atoms with van der Waals surface area (Å²) >= 11 is 6.30. The second kappa shape index (κ2) is 15.9. The summed E-state index contributed by atoms with van der Waals surface area (Å²) in [6.07, 6.45) is -1.14. The molecule has 1 heterocycles. The molecule has 0 aromatic heterocycles. The van der Waals surface area contributed by atoms with E-state index in [0.717, 1.165) is 11.1 Å². The average Bonchev–Trinajstić information content (AvgIpc) is 3.01. The summed E-state index contributed by atoms with van der Waals surface area (Å²) in [6, 6.07) is 28.7. The molecule has 0 saturated heterocycles. The largest absolute Gasteiger partial charge is 0.461 e. The highest BCUT2D eigenvalue weighted by Crippen LogP contribution is 2.40. The summed E-state index contributed by atoms with van der Waals surface area (Å²) in [4.78, 5) is 26.9. The third-order valence-electron chi connectivity index (χ3n) is 7.03. The fourth-order valence-electron chi connectivity index (χ4n) is 5.09. The monoisotopic (exact) mass is 614 g/mol. The highest BCUT2D eigenvalue weighted by Gasteiger charge is 2.38. The van der Waals surface area contributed by atoms with Crippen molar-refractivity contribution in [2.45, 2.75) is 45.5 Å². The molecule has 0 bridgehead atoms. The minimum Gasteiger partial charge on any atom is -0.461 e. The lowest BCUT2D eigenvalue weighted by molar-refractivity contribution is -0.173. The van der Waals surface area contributed by atoms with Gasteiger partial charge in [0.1, 0.15) is 12.7 Å². The molecule has 1 aliphatic rings. The van der Waals surface area contributed by atoms with Gasteiger partial charge in [0, 0.05) is 16.4 Å². The molecule has 8 nitrogen and oxygen atoms in total. The molecule has 3 aromatic rings. The van der Waals surface area contributed by atoms with E-state index in [9.17, 15) is 9.59 Å². The average molecular weight is 615 g/mol. The third-order valence-corrected chi connectivity index (χ3v) is 7.26. The van der Waals surface area contributed by atoms with Crippen LogP contribution in [-0.4, -0.2) is 38.0 Å². The number of nitrogens with zero attached hydrogens (tertiary/aromatic N) is 1. The maximum Gasteiger partial charge on any atom is 0.339 e. The van der Waals surface area contributed by atoms with Gasteiger partial charge in [0.25, 0.3) is 0 Å². The smallest absolute Gasteiger partial charge is 0.339 e. The molecule has 1 aliphatic heterocycles. The molecule has 0 spiro atoms. The van der Waals surface area contributed by atoms with E-state index in [1.54, 1.807) is 45.0 Å². The molecule has 0 amide bonds. The topological polar surface area (TPSA) is 107 Å². The van der Waals surface area contributed by atoms with E-state index < -0.39 is 24.1 Å². The van der Waals surface area contributed by atoms with Gasteiger partial charge in [-0.3, -0.25) is 0 Å². The van der Waals surface area contributed by atoms with Crippen molar-refractivity contribution in [3.8, 4) is 6.07 Å². The molecule has 2 atom stereocenters. The van der Waals surface area contributed by atoms with E-state index in [1.165, 1.54) is 0 Å². The number of rotatable bonds is 13. The fourth-order valence-corrected chi connectivity index (χ4v) is 5.29. The van der Waals surface area contributed by atoms with Crippen molar-refractivity contribution >= 4 is 23.5 Å². The minimum atomic E-state index is -0.906. The van der Waals surface area contributed by atoms with E-state index in [4.69, 9.17) is 35.8 Å². The first-order valence-corrected chi connectivity index (χ1v) is 14.7. The Bertz CT molecular complexity index is 1510. The zero-order valence-electron chi connectivity index (χ0n) is 24.9. The molecule has 0 saturated carbocycles. The highest BCUT2D eigenvalue weighted by atomic mass is 35.5.